The molecule has 2 saturated heterocycles. The van der Waals surface area contributed by atoms with Gasteiger partial charge in [0.1, 0.15) is 36.4 Å². The molecule has 0 spiro atoms. The second-order valence-corrected chi connectivity index (χ2v) is 20.6. The summed E-state index contributed by atoms with van der Waals surface area (Å²) in [4.78, 5) is 51.7. The largest absolute Gasteiger partial charge is 0.481 e. The SMILES string of the molecule is CC1(C(=O)O)CCC2(C)CCC3(C)C(=CC(=O)C4C5(C)CCC(OC6OC(C(=O)O)C(O)C(O)C6OC6OC(O)C(O)C(O)C6C(=O)O)C(C)(C)C5CCC43C)C2C1. The van der Waals surface area contributed by atoms with Crippen molar-refractivity contribution in [2.45, 2.75) is 168 Å². The quantitative estimate of drug-likeness (QED) is 0.171. The van der Waals surface area contributed by atoms with Gasteiger partial charge in [-0.05, 0) is 110 Å². The minimum Gasteiger partial charge on any atom is -0.481 e. The molecule has 5 aliphatic carbocycles. The topological polar surface area (TPSA) is 267 Å². The third kappa shape index (κ3) is 6.25. The zero-order chi connectivity index (χ0) is 42.9. The second-order valence-electron chi connectivity index (χ2n) is 20.6. The van der Waals surface area contributed by atoms with Crippen molar-refractivity contribution in [3.05, 3.63) is 11.6 Å². The van der Waals surface area contributed by atoms with Crippen molar-refractivity contribution in [3.63, 3.8) is 0 Å². The predicted molar refractivity (Wildman–Crippen MR) is 199 cm³/mol. The number of carbonyl (C=O) groups is 4. The number of aliphatic hydroxyl groups is 5. The molecule has 0 aromatic heterocycles. The van der Waals surface area contributed by atoms with Crippen molar-refractivity contribution < 1.29 is 79.0 Å². The monoisotopic (exact) mass is 822 g/mol. The summed E-state index contributed by atoms with van der Waals surface area (Å²) < 4.78 is 23.3. The fraction of sp³-hybridized carbons (Fsp3) is 0.857. The van der Waals surface area contributed by atoms with Gasteiger partial charge in [-0.3, -0.25) is 14.4 Å². The number of rotatable bonds is 7. The molecule has 8 N–H and O–H groups in total. The molecule has 326 valence electrons. The molecule has 2 heterocycles. The Morgan fingerprint density at radius 1 is 0.724 bits per heavy atom. The minimum atomic E-state index is -2.08. The fourth-order valence-electron chi connectivity index (χ4n) is 13.4. The minimum absolute atomic E-state index is 0.0236. The Labute approximate surface area is 337 Å². The van der Waals surface area contributed by atoms with Crippen molar-refractivity contribution in [1.29, 1.82) is 0 Å². The number of aliphatic carboxylic acids is 3. The van der Waals surface area contributed by atoms with Crippen LogP contribution in [0, 0.1) is 56.2 Å². The van der Waals surface area contributed by atoms with Gasteiger partial charge in [0, 0.05) is 5.92 Å². The molecule has 0 radical (unpaired) electrons. The molecular formula is C42H62O16. The highest BCUT2D eigenvalue weighted by Gasteiger charge is 2.71. The lowest BCUT2D eigenvalue weighted by molar-refractivity contribution is -0.381. The summed E-state index contributed by atoms with van der Waals surface area (Å²) in [6.07, 6.45) is -10.4. The van der Waals surface area contributed by atoms with Crippen molar-refractivity contribution in [1.82, 2.24) is 0 Å². The van der Waals surface area contributed by atoms with E-state index in [0.29, 0.717) is 25.7 Å². The van der Waals surface area contributed by atoms with Gasteiger partial charge in [0.25, 0.3) is 0 Å². The first kappa shape index (κ1) is 43.5. The molecule has 58 heavy (non-hydrogen) atoms. The van der Waals surface area contributed by atoms with Gasteiger partial charge >= 0.3 is 17.9 Å². The predicted octanol–water partition coefficient (Wildman–Crippen LogP) is 2.45. The maximum absolute atomic E-state index is 14.8. The molecular weight excluding hydrogens is 760 g/mol. The molecule has 16 heteroatoms. The normalized spacial score (nSPS) is 52.6. The van der Waals surface area contributed by atoms with Crippen LogP contribution in [-0.4, -0.2) is 126 Å². The van der Waals surface area contributed by atoms with Gasteiger partial charge in [0.2, 0.25) is 0 Å². The van der Waals surface area contributed by atoms with E-state index in [1.165, 1.54) is 0 Å². The van der Waals surface area contributed by atoms with E-state index in [9.17, 15) is 60.0 Å². The summed E-state index contributed by atoms with van der Waals surface area (Å²) in [7, 11) is 0. The maximum Gasteiger partial charge on any atom is 0.335 e. The zero-order valence-corrected chi connectivity index (χ0v) is 34.4. The molecule has 19 unspecified atom stereocenters. The van der Waals surface area contributed by atoms with Crippen LogP contribution < -0.4 is 0 Å². The number of carbonyl (C=O) groups excluding carboxylic acids is 1. The molecule has 0 bridgehead atoms. The van der Waals surface area contributed by atoms with E-state index >= 15 is 0 Å². The molecule has 6 fully saturated rings. The van der Waals surface area contributed by atoms with Gasteiger partial charge in [-0.1, -0.05) is 47.1 Å². The van der Waals surface area contributed by atoms with E-state index in [1.54, 1.807) is 0 Å². The third-order valence-electron chi connectivity index (χ3n) is 17.3. The molecule has 16 nitrogen and oxygen atoms in total. The average Bonchev–Trinajstić information content (AvgIpc) is 3.12. The summed E-state index contributed by atoms with van der Waals surface area (Å²) in [5, 5.41) is 82.9. The lowest BCUT2D eigenvalue weighted by Gasteiger charge is -2.70. The lowest BCUT2D eigenvalue weighted by Crippen LogP contribution is -2.68. The highest BCUT2D eigenvalue weighted by Crippen LogP contribution is 2.75. The van der Waals surface area contributed by atoms with E-state index in [0.717, 1.165) is 37.7 Å². The van der Waals surface area contributed by atoms with E-state index in [-0.39, 0.29) is 34.4 Å². The Morgan fingerprint density at radius 2 is 1.38 bits per heavy atom. The van der Waals surface area contributed by atoms with Crippen LogP contribution in [0.4, 0.5) is 0 Å². The van der Waals surface area contributed by atoms with E-state index < -0.39 is 107 Å². The average molecular weight is 823 g/mol. The zero-order valence-electron chi connectivity index (χ0n) is 34.4. The Hall–Kier alpha value is -2.54. The summed E-state index contributed by atoms with van der Waals surface area (Å²) >= 11 is 0. The number of carboxylic acids is 3. The lowest BCUT2D eigenvalue weighted by atomic mass is 9.33. The van der Waals surface area contributed by atoms with E-state index in [2.05, 4.69) is 27.7 Å². The third-order valence-corrected chi connectivity index (χ3v) is 17.3. The number of aliphatic hydroxyl groups excluding tert-OH is 5. The number of hydrogen-bond donors (Lipinski definition) is 8. The highest BCUT2D eigenvalue weighted by molar-refractivity contribution is 5.95. The van der Waals surface area contributed by atoms with Crippen LogP contribution in [0.3, 0.4) is 0 Å². The van der Waals surface area contributed by atoms with Gasteiger partial charge in [0.15, 0.2) is 30.8 Å². The summed E-state index contributed by atoms with van der Waals surface area (Å²) in [5.41, 5.74) is -1.83. The van der Waals surface area contributed by atoms with E-state index in [4.69, 9.17) is 18.9 Å². The summed E-state index contributed by atoms with van der Waals surface area (Å²) in [6.45, 7) is 14.8. The Bertz CT molecular complexity index is 1730. The number of carboxylic acid groups (broad SMARTS) is 3. The van der Waals surface area contributed by atoms with Gasteiger partial charge in [-0.15, -0.1) is 0 Å². The van der Waals surface area contributed by atoms with Gasteiger partial charge in [-0.2, -0.15) is 0 Å². The van der Waals surface area contributed by atoms with E-state index in [1.807, 2.05) is 26.8 Å². The van der Waals surface area contributed by atoms with Crippen LogP contribution in [0.5, 0.6) is 0 Å². The number of ether oxygens (including phenoxy) is 4. The molecule has 0 aromatic rings. The molecule has 7 aliphatic rings. The molecule has 7 rings (SSSR count). The first-order chi connectivity index (χ1) is 26.8. The van der Waals surface area contributed by atoms with Crippen LogP contribution in [0.2, 0.25) is 0 Å². The Morgan fingerprint density at radius 3 is 2.00 bits per heavy atom. The van der Waals surface area contributed by atoms with Crippen LogP contribution in [0.15, 0.2) is 11.6 Å². The Balaban J connectivity index is 1.18. The molecule has 0 amide bonds. The van der Waals surface area contributed by atoms with Gasteiger partial charge in [-0.25, -0.2) is 4.79 Å². The van der Waals surface area contributed by atoms with Crippen molar-refractivity contribution >= 4 is 23.7 Å². The Kier molecular flexibility index (Phi) is 10.7. The van der Waals surface area contributed by atoms with Crippen molar-refractivity contribution in [2.24, 2.45) is 56.2 Å². The second kappa shape index (κ2) is 14.3. The summed E-state index contributed by atoms with van der Waals surface area (Å²) in [6, 6.07) is 0. The number of hydrogen-bond acceptors (Lipinski definition) is 13. The molecule has 4 saturated carbocycles. The van der Waals surface area contributed by atoms with Crippen molar-refractivity contribution in [2.75, 3.05) is 0 Å². The van der Waals surface area contributed by atoms with Crippen LogP contribution >= 0.6 is 0 Å². The van der Waals surface area contributed by atoms with Gasteiger partial charge in [0.05, 0.1) is 11.5 Å². The number of allylic oxidation sites excluding steroid dienone is 2. The smallest absolute Gasteiger partial charge is 0.335 e. The first-order valence-corrected chi connectivity index (χ1v) is 20.7. The molecule has 0 aromatic carbocycles. The molecule has 19 atom stereocenters. The molecule has 2 aliphatic heterocycles. The van der Waals surface area contributed by atoms with Gasteiger partial charge < -0.3 is 59.8 Å². The first-order valence-electron chi connectivity index (χ1n) is 20.7. The number of fused-ring (bicyclic) bond motifs is 7. The highest BCUT2D eigenvalue weighted by atomic mass is 16.8. The van der Waals surface area contributed by atoms with Crippen LogP contribution in [0.1, 0.15) is 106 Å². The summed E-state index contributed by atoms with van der Waals surface area (Å²) in [5.74, 6) is -6.45. The number of ketones is 1. The van der Waals surface area contributed by atoms with Crippen LogP contribution in [-0.2, 0) is 38.1 Å². The fourth-order valence-corrected chi connectivity index (χ4v) is 13.4. The standard InChI is InChI=1S/C42H62O16/c1-37(2)21-8-11-42(7)30(20(43)16-18-19-17-39(4,36(53)54)13-12-38(19,3)14-15-41(18,42)6)40(21,5)10-9-22(37)55-35-29(26(46)25(45)28(56-35)32(50)51)57-34-23(31(48)49)24(44)27(47)33(52)58-34/h16,19,21-30,33-35,44-47,52H,8-15,17H2,1-7H3,(H,48,49)(H,50,51)(H,53,54). The van der Waals surface area contributed by atoms with Crippen molar-refractivity contribution in [3.8, 4) is 0 Å². The van der Waals surface area contributed by atoms with Crippen LogP contribution in [0.25, 0.3) is 0 Å². The maximum atomic E-state index is 14.8.